The smallest absolute Gasteiger partial charge is 0.407 e. The Morgan fingerprint density at radius 3 is 2.44 bits per heavy atom. The summed E-state index contributed by atoms with van der Waals surface area (Å²) in [6.07, 6.45) is -3.87. The van der Waals surface area contributed by atoms with E-state index in [1.54, 1.807) is 26.0 Å². The molecule has 0 bridgehead atoms. The number of rotatable bonds is 8. The largest absolute Gasteiger partial charge is 0.462 e. The molecule has 9 heteroatoms. The normalized spacial score (nSPS) is 27.6. The van der Waals surface area contributed by atoms with Crippen LogP contribution in [0.25, 0.3) is 0 Å². The standard InChI is InChI=1S/C25H31NO8/c1-25(2)33-21-19(14-27)32-23(20(28)22(21)34-25)31-18-10-8-16(9-11-18)12-13-26-24(29)30-15-17-6-4-3-5-7-17/h3-11,19-23,27-28H,12-15H2,1-2H3,(H,26,29)/t19?,20?,21-,22+,23+/m0/s1. The van der Waals surface area contributed by atoms with Crippen LogP contribution in [0.5, 0.6) is 5.75 Å². The average molecular weight is 474 g/mol. The van der Waals surface area contributed by atoms with Crippen LogP contribution >= 0.6 is 0 Å². The summed E-state index contributed by atoms with van der Waals surface area (Å²) >= 11 is 0. The molecule has 5 atom stereocenters. The lowest BCUT2D eigenvalue weighted by atomic mass is 9.99. The third kappa shape index (κ3) is 6.05. The topological polar surface area (TPSA) is 116 Å². The second-order valence-corrected chi connectivity index (χ2v) is 8.78. The van der Waals surface area contributed by atoms with E-state index < -0.39 is 42.6 Å². The lowest BCUT2D eigenvalue weighted by Crippen LogP contribution is -2.58. The molecule has 4 rings (SSSR count). The lowest BCUT2D eigenvalue weighted by molar-refractivity contribution is -0.254. The molecule has 1 amide bonds. The fourth-order valence-electron chi connectivity index (χ4n) is 4.05. The van der Waals surface area contributed by atoms with Crippen molar-refractivity contribution >= 4 is 6.09 Å². The number of benzene rings is 2. The summed E-state index contributed by atoms with van der Waals surface area (Å²) < 4.78 is 28.4. The van der Waals surface area contributed by atoms with Gasteiger partial charge < -0.3 is 39.2 Å². The van der Waals surface area contributed by atoms with Crippen LogP contribution in [0, 0.1) is 0 Å². The molecule has 0 radical (unpaired) electrons. The number of carbonyl (C=O) groups excluding carboxylic acids is 1. The van der Waals surface area contributed by atoms with Gasteiger partial charge >= 0.3 is 6.09 Å². The van der Waals surface area contributed by atoms with Crippen LogP contribution in [-0.2, 0) is 32.0 Å². The molecule has 0 spiro atoms. The molecule has 9 nitrogen and oxygen atoms in total. The number of hydrogen-bond donors (Lipinski definition) is 3. The van der Waals surface area contributed by atoms with Gasteiger partial charge in [0.05, 0.1) is 6.61 Å². The Bertz CT molecular complexity index is 936. The number of aliphatic hydroxyl groups excluding tert-OH is 2. The summed E-state index contributed by atoms with van der Waals surface area (Å²) in [5.41, 5.74) is 1.92. The minimum absolute atomic E-state index is 0.223. The number of alkyl carbamates (subject to hydrolysis) is 1. The highest BCUT2D eigenvalue weighted by molar-refractivity contribution is 5.67. The van der Waals surface area contributed by atoms with Gasteiger partial charge in [-0.2, -0.15) is 0 Å². The van der Waals surface area contributed by atoms with Gasteiger partial charge in [-0.3, -0.25) is 0 Å². The van der Waals surface area contributed by atoms with Crippen molar-refractivity contribution < 1.29 is 38.7 Å². The number of fused-ring (bicyclic) bond motifs is 1. The summed E-state index contributed by atoms with van der Waals surface area (Å²) in [4.78, 5) is 11.9. The van der Waals surface area contributed by atoms with Gasteiger partial charge in [-0.05, 0) is 43.5 Å². The van der Waals surface area contributed by atoms with E-state index in [2.05, 4.69) is 5.32 Å². The van der Waals surface area contributed by atoms with Gasteiger partial charge in [0.2, 0.25) is 6.29 Å². The molecule has 2 aromatic rings. The first-order valence-corrected chi connectivity index (χ1v) is 11.3. The number of aliphatic hydroxyl groups is 2. The first kappa shape index (κ1) is 24.4. The highest BCUT2D eigenvalue weighted by Crippen LogP contribution is 2.37. The molecule has 2 fully saturated rings. The Balaban J connectivity index is 1.24. The van der Waals surface area contributed by atoms with Crippen molar-refractivity contribution in [2.75, 3.05) is 13.2 Å². The molecule has 2 heterocycles. The number of ether oxygens (including phenoxy) is 5. The predicted octanol–water partition coefficient (Wildman–Crippen LogP) is 2.13. The molecular formula is C25H31NO8. The van der Waals surface area contributed by atoms with E-state index in [-0.39, 0.29) is 13.2 Å². The minimum Gasteiger partial charge on any atom is -0.462 e. The van der Waals surface area contributed by atoms with Gasteiger partial charge in [-0.25, -0.2) is 4.79 Å². The van der Waals surface area contributed by atoms with Crippen molar-refractivity contribution in [2.24, 2.45) is 0 Å². The van der Waals surface area contributed by atoms with Crippen molar-refractivity contribution in [2.45, 2.75) is 63.4 Å². The van der Waals surface area contributed by atoms with Crippen molar-refractivity contribution in [1.82, 2.24) is 5.32 Å². The number of hydrogen-bond acceptors (Lipinski definition) is 8. The molecule has 184 valence electrons. The number of nitrogens with one attached hydrogen (secondary N) is 1. The predicted molar refractivity (Wildman–Crippen MR) is 121 cm³/mol. The van der Waals surface area contributed by atoms with E-state index in [0.717, 1.165) is 11.1 Å². The van der Waals surface area contributed by atoms with Gasteiger partial charge in [-0.15, -0.1) is 0 Å². The summed E-state index contributed by atoms with van der Waals surface area (Å²) in [5.74, 6) is -0.387. The van der Waals surface area contributed by atoms with E-state index >= 15 is 0 Å². The SMILES string of the molecule is CC1(C)O[C@@H]2C(O)[C@H](Oc3ccc(CCNC(=O)OCc4ccccc4)cc3)OC(CO)[C@@H]2O1. The molecule has 0 aliphatic carbocycles. The van der Waals surface area contributed by atoms with Crippen molar-refractivity contribution in [3.05, 3.63) is 65.7 Å². The summed E-state index contributed by atoms with van der Waals surface area (Å²) in [5, 5.41) is 23.1. The summed E-state index contributed by atoms with van der Waals surface area (Å²) in [7, 11) is 0. The highest BCUT2D eigenvalue weighted by atomic mass is 16.8. The highest BCUT2D eigenvalue weighted by Gasteiger charge is 2.55. The zero-order chi connectivity index (χ0) is 24.1. The second kappa shape index (κ2) is 10.7. The van der Waals surface area contributed by atoms with Crippen LogP contribution in [0.3, 0.4) is 0 Å². The third-order valence-corrected chi connectivity index (χ3v) is 5.71. The van der Waals surface area contributed by atoms with Crippen LogP contribution in [0.1, 0.15) is 25.0 Å². The second-order valence-electron chi connectivity index (χ2n) is 8.78. The zero-order valence-electron chi connectivity index (χ0n) is 19.3. The maximum Gasteiger partial charge on any atom is 0.407 e. The summed E-state index contributed by atoms with van der Waals surface area (Å²) in [6, 6.07) is 16.7. The lowest BCUT2D eigenvalue weighted by Gasteiger charge is -2.39. The maximum atomic E-state index is 11.9. The molecule has 2 aromatic carbocycles. The first-order chi connectivity index (χ1) is 16.3. The van der Waals surface area contributed by atoms with Crippen LogP contribution < -0.4 is 10.1 Å². The van der Waals surface area contributed by atoms with Crippen molar-refractivity contribution in [3.8, 4) is 5.75 Å². The van der Waals surface area contributed by atoms with Gasteiger partial charge in [-0.1, -0.05) is 42.5 Å². The quantitative estimate of drug-likeness (QED) is 0.534. The molecule has 2 aliphatic rings. The van der Waals surface area contributed by atoms with Crippen LogP contribution in [0.2, 0.25) is 0 Å². The Kier molecular flexibility index (Phi) is 7.70. The van der Waals surface area contributed by atoms with E-state index in [9.17, 15) is 15.0 Å². The number of amides is 1. The minimum atomic E-state index is -1.08. The van der Waals surface area contributed by atoms with Crippen molar-refractivity contribution in [3.63, 3.8) is 0 Å². The molecule has 3 N–H and O–H groups in total. The fraction of sp³-hybridized carbons (Fsp3) is 0.480. The molecule has 0 aromatic heterocycles. The monoisotopic (exact) mass is 473 g/mol. The molecule has 34 heavy (non-hydrogen) atoms. The third-order valence-electron chi connectivity index (χ3n) is 5.71. The molecule has 2 unspecified atom stereocenters. The molecule has 2 saturated heterocycles. The zero-order valence-corrected chi connectivity index (χ0v) is 19.3. The Morgan fingerprint density at radius 1 is 1.03 bits per heavy atom. The number of carbonyl (C=O) groups is 1. The summed E-state index contributed by atoms with van der Waals surface area (Å²) in [6.45, 7) is 3.86. The van der Waals surface area contributed by atoms with Gasteiger partial charge in [0.1, 0.15) is 36.8 Å². The first-order valence-electron chi connectivity index (χ1n) is 11.3. The molecule has 2 aliphatic heterocycles. The van der Waals surface area contributed by atoms with Gasteiger partial charge in [0, 0.05) is 6.54 Å². The van der Waals surface area contributed by atoms with Gasteiger partial charge in [0.15, 0.2) is 5.79 Å². The van der Waals surface area contributed by atoms with Gasteiger partial charge in [0.25, 0.3) is 0 Å². The Hall–Kier alpha value is -2.69. The van der Waals surface area contributed by atoms with Crippen LogP contribution in [-0.4, -0.2) is 66.0 Å². The maximum absolute atomic E-state index is 11.9. The van der Waals surface area contributed by atoms with E-state index in [4.69, 9.17) is 23.7 Å². The molecule has 0 saturated carbocycles. The van der Waals surface area contributed by atoms with Crippen LogP contribution in [0.4, 0.5) is 4.79 Å². The van der Waals surface area contributed by atoms with E-state index in [1.807, 2.05) is 42.5 Å². The van der Waals surface area contributed by atoms with Crippen LogP contribution in [0.15, 0.2) is 54.6 Å². The Labute approximate surface area is 198 Å². The van der Waals surface area contributed by atoms with E-state index in [1.165, 1.54) is 0 Å². The van der Waals surface area contributed by atoms with E-state index in [0.29, 0.717) is 18.7 Å². The average Bonchev–Trinajstić information content (AvgIpc) is 3.17. The fourth-order valence-corrected chi connectivity index (χ4v) is 4.05. The Morgan fingerprint density at radius 2 is 1.74 bits per heavy atom. The molecular weight excluding hydrogens is 442 g/mol. The van der Waals surface area contributed by atoms with Crippen molar-refractivity contribution in [1.29, 1.82) is 0 Å².